The van der Waals surface area contributed by atoms with E-state index in [9.17, 15) is 24.0 Å². The van der Waals surface area contributed by atoms with Gasteiger partial charge in [-0.25, -0.2) is 4.79 Å². The normalized spacial score (nSPS) is 22.8. The number of benzene rings is 1. The minimum absolute atomic E-state index is 0.0696. The molecule has 0 aromatic heterocycles. The SMILES string of the molecule is C#CCCNC(=O)C(=O)C(CCC#C)NC(=O)[C@@H]1[C@@H]2C(CN1C(=O)[C@@H](NC(=O)NC1(CCc3ccccc3)CCCCC1)C(C)(C)C)C2(C)C. The van der Waals surface area contributed by atoms with Crippen molar-refractivity contribution in [3.8, 4) is 24.7 Å². The molecule has 4 N–H and O–H groups in total. The molecule has 3 aliphatic rings. The highest BCUT2D eigenvalue weighted by atomic mass is 16.2. The molecule has 50 heavy (non-hydrogen) atoms. The number of terminal acetylenes is 2. The fraction of sp³-hybridized carbons (Fsp3) is 0.625. The molecule has 2 aliphatic carbocycles. The van der Waals surface area contributed by atoms with Crippen LogP contribution in [0.3, 0.4) is 0 Å². The number of carbonyl (C=O) groups is 5. The van der Waals surface area contributed by atoms with Crippen LogP contribution < -0.4 is 21.3 Å². The van der Waals surface area contributed by atoms with Crippen LogP contribution in [0.25, 0.3) is 0 Å². The van der Waals surface area contributed by atoms with Gasteiger partial charge in [0.15, 0.2) is 0 Å². The smallest absolute Gasteiger partial charge is 0.315 e. The van der Waals surface area contributed by atoms with E-state index < -0.39 is 47.2 Å². The van der Waals surface area contributed by atoms with Crippen LogP contribution in [-0.2, 0) is 25.6 Å². The molecule has 4 rings (SSSR count). The van der Waals surface area contributed by atoms with Gasteiger partial charge in [0.2, 0.25) is 17.6 Å². The van der Waals surface area contributed by atoms with Crippen LogP contribution in [0.1, 0.15) is 98.0 Å². The summed E-state index contributed by atoms with van der Waals surface area (Å²) in [6.45, 7) is 10.3. The van der Waals surface area contributed by atoms with Gasteiger partial charge in [0, 0.05) is 31.5 Å². The quantitative estimate of drug-likeness (QED) is 0.133. The molecule has 2 unspecified atom stereocenters. The summed E-state index contributed by atoms with van der Waals surface area (Å²) in [7, 11) is 0. The highest BCUT2D eigenvalue weighted by molar-refractivity contribution is 6.38. The second-order valence-corrected chi connectivity index (χ2v) is 16.0. The van der Waals surface area contributed by atoms with Gasteiger partial charge in [0.05, 0.1) is 6.04 Å². The van der Waals surface area contributed by atoms with E-state index in [0.29, 0.717) is 6.54 Å². The van der Waals surface area contributed by atoms with Crippen molar-refractivity contribution in [2.24, 2.45) is 22.7 Å². The van der Waals surface area contributed by atoms with Gasteiger partial charge in [-0.1, -0.05) is 84.2 Å². The summed E-state index contributed by atoms with van der Waals surface area (Å²) in [6, 6.07) is 6.89. The monoisotopic (exact) mass is 685 g/mol. The largest absolute Gasteiger partial charge is 0.348 e. The fourth-order valence-corrected chi connectivity index (χ4v) is 7.98. The predicted octanol–water partition coefficient (Wildman–Crippen LogP) is 4.13. The standard InChI is InChI=1S/C40H55N5O5/c1-8-10-20-29(32(46)35(48)41-25-11-9-2)42-34(47)31-30-28(39(30,6)7)26-45(31)36(49)33(38(3,4)5)43-37(50)44-40(22-16-13-17-23-40)24-21-27-18-14-12-15-19-27/h1-2,12,14-15,18-19,28-31,33H,10-11,13,16-17,20-26H2,3-7H3,(H,41,48)(H,42,47)(H2,43,44,50)/t28?,29?,30-,31-,33+/m0/s1. The summed E-state index contributed by atoms with van der Waals surface area (Å²) < 4.78 is 0. The maximum atomic E-state index is 14.5. The van der Waals surface area contributed by atoms with Crippen LogP contribution in [-0.4, -0.2) is 71.2 Å². The number of aryl methyl sites for hydroxylation is 1. The van der Waals surface area contributed by atoms with E-state index >= 15 is 0 Å². The maximum Gasteiger partial charge on any atom is 0.315 e. The number of rotatable bonds is 14. The Morgan fingerprint density at radius 2 is 1.62 bits per heavy atom. The molecule has 2 saturated carbocycles. The molecule has 10 heteroatoms. The summed E-state index contributed by atoms with van der Waals surface area (Å²) in [5.74, 6) is 2.27. The van der Waals surface area contributed by atoms with Crippen LogP contribution >= 0.6 is 0 Å². The number of ketones is 1. The first-order valence-electron chi connectivity index (χ1n) is 18.1. The van der Waals surface area contributed by atoms with Crippen molar-refractivity contribution < 1.29 is 24.0 Å². The highest BCUT2D eigenvalue weighted by Gasteiger charge is 2.70. The maximum absolute atomic E-state index is 14.5. The van der Waals surface area contributed by atoms with E-state index in [0.717, 1.165) is 44.9 Å². The first-order valence-corrected chi connectivity index (χ1v) is 18.1. The summed E-state index contributed by atoms with van der Waals surface area (Å²) in [5, 5.41) is 11.6. The summed E-state index contributed by atoms with van der Waals surface area (Å²) in [6.07, 6.45) is 17.8. The van der Waals surface area contributed by atoms with Crippen molar-refractivity contribution in [1.29, 1.82) is 0 Å². The van der Waals surface area contributed by atoms with Gasteiger partial charge in [-0.3, -0.25) is 19.2 Å². The molecule has 1 aromatic rings. The third-order valence-electron chi connectivity index (χ3n) is 11.1. The van der Waals surface area contributed by atoms with Crippen molar-refractivity contribution in [2.45, 2.75) is 122 Å². The molecule has 5 atom stereocenters. The average molecular weight is 686 g/mol. The third-order valence-corrected chi connectivity index (χ3v) is 11.1. The topological polar surface area (TPSA) is 137 Å². The predicted molar refractivity (Wildman–Crippen MR) is 193 cm³/mol. The number of nitrogens with zero attached hydrogens (tertiary/aromatic N) is 1. The van der Waals surface area contributed by atoms with Gasteiger partial charge in [-0.2, -0.15) is 0 Å². The molecule has 3 fully saturated rings. The lowest BCUT2D eigenvalue weighted by Crippen LogP contribution is -2.63. The van der Waals surface area contributed by atoms with Gasteiger partial charge < -0.3 is 26.2 Å². The Morgan fingerprint density at radius 1 is 0.960 bits per heavy atom. The van der Waals surface area contributed by atoms with E-state index in [1.165, 1.54) is 5.56 Å². The van der Waals surface area contributed by atoms with Gasteiger partial charge in [-0.05, 0) is 60.3 Å². The molecule has 0 radical (unpaired) electrons. The van der Waals surface area contributed by atoms with Crippen molar-refractivity contribution in [1.82, 2.24) is 26.2 Å². The molecule has 1 heterocycles. The van der Waals surface area contributed by atoms with E-state index in [1.807, 2.05) is 39.0 Å². The number of hydrogen-bond acceptors (Lipinski definition) is 5. The van der Waals surface area contributed by atoms with E-state index in [1.54, 1.807) is 4.90 Å². The Hall–Kier alpha value is -4.31. The molecule has 1 aliphatic heterocycles. The Labute approximate surface area is 298 Å². The van der Waals surface area contributed by atoms with E-state index in [2.05, 4.69) is 59.1 Å². The van der Waals surface area contributed by atoms with Gasteiger partial charge in [-0.15, -0.1) is 24.7 Å². The van der Waals surface area contributed by atoms with Crippen LogP contribution in [0.15, 0.2) is 30.3 Å². The van der Waals surface area contributed by atoms with Crippen LogP contribution in [0.5, 0.6) is 0 Å². The van der Waals surface area contributed by atoms with Gasteiger partial charge >= 0.3 is 6.03 Å². The molecular weight excluding hydrogens is 630 g/mol. The Kier molecular flexibility index (Phi) is 12.4. The lowest BCUT2D eigenvalue weighted by molar-refractivity contribution is -0.145. The minimum atomic E-state index is -1.16. The first-order chi connectivity index (χ1) is 23.6. The number of Topliss-reactive ketones (excluding diaryl/α,β-unsaturated/α-hetero) is 1. The Morgan fingerprint density at radius 3 is 2.24 bits per heavy atom. The molecular formula is C40H55N5O5. The van der Waals surface area contributed by atoms with Crippen LogP contribution in [0.4, 0.5) is 4.79 Å². The Balaban J connectivity index is 1.51. The summed E-state index contributed by atoms with van der Waals surface area (Å²) >= 11 is 0. The number of hydrogen-bond donors (Lipinski definition) is 4. The van der Waals surface area contributed by atoms with E-state index in [4.69, 9.17) is 12.8 Å². The molecule has 270 valence electrons. The first kappa shape index (κ1) is 38.5. The number of urea groups is 1. The number of piperidine rings is 1. The highest BCUT2D eigenvalue weighted by Crippen LogP contribution is 2.65. The number of fused-ring (bicyclic) bond motifs is 1. The lowest BCUT2D eigenvalue weighted by Gasteiger charge is -2.41. The number of amides is 5. The molecule has 1 saturated heterocycles. The zero-order valence-electron chi connectivity index (χ0n) is 30.4. The van der Waals surface area contributed by atoms with Gasteiger partial charge in [0.25, 0.3) is 5.91 Å². The molecule has 5 amide bonds. The molecule has 10 nitrogen and oxygen atoms in total. The third kappa shape index (κ3) is 9.07. The molecule has 0 spiro atoms. The number of nitrogens with one attached hydrogen (secondary N) is 4. The Bertz CT molecular complexity index is 1490. The van der Waals surface area contributed by atoms with Crippen molar-refractivity contribution in [2.75, 3.05) is 13.1 Å². The fourth-order valence-electron chi connectivity index (χ4n) is 7.98. The molecule has 0 bridgehead atoms. The minimum Gasteiger partial charge on any atom is -0.348 e. The summed E-state index contributed by atoms with van der Waals surface area (Å²) in [4.78, 5) is 69.6. The lowest BCUT2D eigenvalue weighted by atomic mass is 9.78. The van der Waals surface area contributed by atoms with Crippen molar-refractivity contribution in [3.05, 3.63) is 35.9 Å². The molecule has 1 aromatic carbocycles. The second-order valence-electron chi connectivity index (χ2n) is 16.0. The van der Waals surface area contributed by atoms with Crippen molar-refractivity contribution >= 4 is 29.5 Å². The van der Waals surface area contributed by atoms with Gasteiger partial charge in [0.1, 0.15) is 12.1 Å². The number of carbonyl (C=O) groups excluding carboxylic acids is 5. The van der Waals surface area contributed by atoms with Crippen molar-refractivity contribution in [3.63, 3.8) is 0 Å². The zero-order chi connectivity index (χ0) is 36.7. The number of likely N-dealkylation sites (tertiary alicyclic amines) is 1. The van der Waals surface area contributed by atoms with E-state index in [-0.39, 0.29) is 54.5 Å². The second kappa shape index (κ2) is 16.1. The summed E-state index contributed by atoms with van der Waals surface area (Å²) in [5.41, 5.74) is -0.0328. The van der Waals surface area contributed by atoms with Crippen LogP contribution in [0.2, 0.25) is 0 Å². The average Bonchev–Trinajstić information content (AvgIpc) is 3.38. The zero-order valence-corrected chi connectivity index (χ0v) is 30.4. The van der Waals surface area contributed by atoms with Crippen LogP contribution in [0, 0.1) is 47.4 Å².